The van der Waals surface area contributed by atoms with Gasteiger partial charge < -0.3 is 34.2 Å². The van der Waals surface area contributed by atoms with E-state index in [2.05, 4.69) is 0 Å². The Morgan fingerprint density at radius 2 is 1.31 bits per heavy atom. The van der Waals surface area contributed by atoms with Crippen molar-refractivity contribution in [2.24, 2.45) is 5.73 Å². The molecule has 39 heavy (non-hydrogen) atoms. The number of hydrogen-bond acceptors (Lipinski definition) is 11. The van der Waals surface area contributed by atoms with Gasteiger partial charge in [-0.15, -0.1) is 0 Å². The molecule has 1 aromatic rings. The lowest BCUT2D eigenvalue weighted by molar-refractivity contribution is -0.166. The number of unbranched alkanes of at least 4 members (excludes halogenated alkanes) is 3. The number of nitrogens with two attached hydrogens (primary N) is 1. The minimum Gasteiger partial charge on any atom is -0.459 e. The zero-order chi connectivity index (χ0) is 29.2. The fourth-order valence-corrected chi connectivity index (χ4v) is 3.07. The van der Waals surface area contributed by atoms with Gasteiger partial charge in [0.1, 0.15) is 18.2 Å². The Bertz CT molecular complexity index is 920. The Labute approximate surface area is 230 Å². The molecule has 2 N–H and O–H groups in total. The second-order valence-corrected chi connectivity index (χ2v) is 9.14. The third-order valence-corrected chi connectivity index (χ3v) is 5.60. The van der Waals surface area contributed by atoms with Gasteiger partial charge in [-0.25, -0.2) is 9.59 Å². The maximum Gasteiger partial charge on any atom is 0.513 e. The van der Waals surface area contributed by atoms with E-state index in [9.17, 15) is 19.2 Å². The predicted octanol–water partition coefficient (Wildman–Crippen LogP) is 5.24. The molecular formula is C28H43NO10. The van der Waals surface area contributed by atoms with E-state index < -0.39 is 36.5 Å². The summed E-state index contributed by atoms with van der Waals surface area (Å²) in [6.45, 7) is 9.49. The van der Waals surface area contributed by atoms with E-state index in [1.807, 2.05) is 20.8 Å². The van der Waals surface area contributed by atoms with E-state index in [4.69, 9.17) is 34.2 Å². The predicted molar refractivity (Wildman–Crippen MR) is 143 cm³/mol. The molecule has 11 nitrogen and oxygen atoms in total. The highest BCUT2D eigenvalue weighted by Crippen LogP contribution is 2.30. The molecule has 0 radical (unpaired) electrons. The van der Waals surface area contributed by atoms with Crippen LogP contribution in [0.1, 0.15) is 85.1 Å². The highest BCUT2D eigenvalue weighted by atomic mass is 16.7. The SMILES string of the molecule is CCCCOC(=O)Oc1ccc(C[C@H](N)C(=O)O[C@@H](C)[C@H](C)OC(=O)CCCC)cc1OC(=O)OCCCC. The molecule has 0 aromatic heterocycles. The first-order valence-corrected chi connectivity index (χ1v) is 13.6. The summed E-state index contributed by atoms with van der Waals surface area (Å²) in [6, 6.07) is 3.33. The van der Waals surface area contributed by atoms with Gasteiger partial charge in [0.15, 0.2) is 11.5 Å². The Morgan fingerprint density at radius 3 is 1.87 bits per heavy atom. The molecule has 0 saturated carbocycles. The number of ether oxygens (including phenoxy) is 6. The van der Waals surface area contributed by atoms with E-state index in [0.29, 0.717) is 24.8 Å². The smallest absolute Gasteiger partial charge is 0.459 e. The molecule has 220 valence electrons. The molecule has 0 unspecified atom stereocenters. The van der Waals surface area contributed by atoms with Crippen molar-refractivity contribution >= 4 is 24.2 Å². The van der Waals surface area contributed by atoms with E-state index in [1.54, 1.807) is 19.9 Å². The quantitative estimate of drug-likeness (QED) is 0.117. The molecule has 0 fully saturated rings. The molecule has 0 bridgehead atoms. The number of benzene rings is 1. The van der Waals surface area contributed by atoms with Gasteiger partial charge in [-0.3, -0.25) is 9.59 Å². The molecule has 0 heterocycles. The first kappa shape index (κ1) is 33.7. The largest absolute Gasteiger partial charge is 0.513 e. The van der Waals surface area contributed by atoms with Crippen molar-refractivity contribution < 1.29 is 47.6 Å². The van der Waals surface area contributed by atoms with Gasteiger partial charge >= 0.3 is 24.2 Å². The molecule has 0 saturated heterocycles. The summed E-state index contributed by atoms with van der Waals surface area (Å²) in [5, 5.41) is 0. The molecule has 1 rings (SSSR count). The molecule has 1 aromatic carbocycles. The van der Waals surface area contributed by atoms with Crippen LogP contribution in [0, 0.1) is 0 Å². The van der Waals surface area contributed by atoms with Gasteiger partial charge in [0.05, 0.1) is 13.2 Å². The zero-order valence-electron chi connectivity index (χ0n) is 23.7. The lowest BCUT2D eigenvalue weighted by atomic mass is 10.1. The molecule has 3 atom stereocenters. The monoisotopic (exact) mass is 553 g/mol. The van der Waals surface area contributed by atoms with Crippen LogP contribution in [-0.4, -0.2) is 55.7 Å². The van der Waals surface area contributed by atoms with Gasteiger partial charge in [-0.1, -0.05) is 46.1 Å². The van der Waals surface area contributed by atoms with Crippen LogP contribution in [0.3, 0.4) is 0 Å². The summed E-state index contributed by atoms with van der Waals surface area (Å²) in [5.41, 5.74) is 6.57. The Kier molecular flexibility index (Phi) is 16.3. The first-order chi connectivity index (χ1) is 18.6. The van der Waals surface area contributed by atoms with Gasteiger partial charge in [-0.2, -0.15) is 0 Å². The molecule has 0 aliphatic heterocycles. The van der Waals surface area contributed by atoms with Crippen LogP contribution in [-0.2, 0) is 35.0 Å². The summed E-state index contributed by atoms with van der Waals surface area (Å²) in [5.74, 6) is -1.20. The Hall–Kier alpha value is -3.34. The van der Waals surface area contributed by atoms with Crippen molar-refractivity contribution in [3.8, 4) is 11.5 Å². The number of esters is 2. The van der Waals surface area contributed by atoms with E-state index >= 15 is 0 Å². The third kappa shape index (κ3) is 13.9. The third-order valence-electron chi connectivity index (χ3n) is 5.60. The van der Waals surface area contributed by atoms with E-state index in [1.165, 1.54) is 12.1 Å². The van der Waals surface area contributed by atoms with Crippen LogP contribution in [0.2, 0.25) is 0 Å². The number of rotatable bonds is 17. The molecule has 0 spiro atoms. The topological polar surface area (TPSA) is 150 Å². The summed E-state index contributed by atoms with van der Waals surface area (Å²) < 4.78 is 31.2. The standard InChI is InChI=1S/C28H43NO10/c1-6-9-12-25(30)36-19(4)20(5)37-26(31)22(29)17-21-13-14-23(38-27(32)34-15-10-7-2)24(18-21)39-28(33)35-16-11-8-3/h13-14,18-20,22H,6-12,15-17,29H2,1-5H3/t19-,20-,22-/m0/s1. The lowest BCUT2D eigenvalue weighted by Gasteiger charge is -2.22. The highest BCUT2D eigenvalue weighted by Gasteiger charge is 2.25. The highest BCUT2D eigenvalue weighted by molar-refractivity contribution is 5.76. The normalized spacial score (nSPS) is 13.0. The van der Waals surface area contributed by atoms with Crippen molar-refractivity contribution in [3.05, 3.63) is 23.8 Å². The maximum atomic E-state index is 12.6. The number of carbonyl (C=O) groups is 4. The minimum absolute atomic E-state index is 0.0265. The Balaban J connectivity index is 2.87. The fourth-order valence-electron chi connectivity index (χ4n) is 3.07. The second kappa shape index (κ2) is 18.8. The van der Waals surface area contributed by atoms with Gasteiger partial charge in [0.2, 0.25) is 0 Å². The fraction of sp³-hybridized carbons (Fsp3) is 0.643. The zero-order valence-corrected chi connectivity index (χ0v) is 23.7. The number of hydrogen-bond donors (Lipinski definition) is 1. The van der Waals surface area contributed by atoms with E-state index in [-0.39, 0.29) is 37.1 Å². The van der Waals surface area contributed by atoms with Crippen molar-refractivity contribution in [1.29, 1.82) is 0 Å². The van der Waals surface area contributed by atoms with Crippen LogP contribution in [0.5, 0.6) is 11.5 Å². The average molecular weight is 554 g/mol. The molecule has 11 heteroatoms. The first-order valence-electron chi connectivity index (χ1n) is 13.6. The average Bonchev–Trinajstić information content (AvgIpc) is 2.89. The van der Waals surface area contributed by atoms with Crippen LogP contribution < -0.4 is 15.2 Å². The lowest BCUT2D eigenvalue weighted by Crippen LogP contribution is -2.39. The van der Waals surface area contributed by atoms with Gasteiger partial charge in [0.25, 0.3) is 0 Å². The van der Waals surface area contributed by atoms with Gasteiger partial charge in [-0.05, 0) is 57.2 Å². The van der Waals surface area contributed by atoms with Crippen LogP contribution >= 0.6 is 0 Å². The van der Waals surface area contributed by atoms with Crippen molar-refractivity contribution in [2.45, 2.75) is 104 Å². The van der Waals surface area contributed by atoms with Crippen molar-refractivity contribution in [3.63, 3.8) is 0 Å². The summed E-state index contributed by atoms with van der Waals surface area (Å²) >= 11 is 0. The summed E-state index contributed by atoms with van der Waals surface area (Å²) in [4.78, 5) is 48.6. The molecular weight excluding hydrogens is 510 g/mol. The maximum absolute atomic E-state index is 12.6. The van der Waals surface area contributed by atoms with Crippen molar-refractivity contribution in [1.82, 2.24) is 0 Å². The summed E-state index contributed by atoms with van der Waals surface area (Å²) in [7, 11) is 0. The Morgan fingerprint density at radius 1 is 0.769 bits per heavy atom. The van der Waals surface area contributed by atoms with Crippen molar-refractivity contribution in [2.75, 3.05) is 13.2 Å². The summed E-state index contributed by atoms with van der Waals surface area (Å²) in [6.07, 6.45) is 1.65. The van der Waals surface area contributed by atoms with Gasteiger partial charge in [0, 0.05) is 6.42 Å². The minimum atomic E-state index is -1.06. The molecule has 0 aliphatic rings. The molecule has 0 aliphatic carbocycles. The molecule has 0 amide bonds. The number of carbonyl (C=O) groups excluding carboxylic acids is 4. The van der Waals surface area contributed by atoms with Crippen LogP contribution in [0.25, 0.3) is 0 Å². The van der Waals surface area contributed by atoms with E-state index in [0.717, 1.165) is 25.7 Å². The van der Waals surface area contributed by atoms with Crippen LogP contribution in [0.4, 0.5) is 9.59 Å². The van der Waals surface area contributed by atoms with Crippen LogP contribution in [0.15, 0.2) is 18.2 Å². The second-order valence-electron chi connectivity index (χ2n) is 9.14.